The van der Waals surface area contributed by atoms with Crippen molar-refractivity contribution in [2.45, 2.75) is 101 Å². The van der Waals surface area contributed by atoms with Crippen LogP contribution in [0, 0.1) is 0 Å². The van der Waals surface area contributed by atoms with E-state index in [0.29, 0.717) is 62.4 Å². The Bertz CT molecular complexity index is 889. The predicted octanol–water partition coefficient (Wildman–Crippen LogP) is 4.02. The second-order valence-electron chi connectivity index (χ2n) is 11.5. The van der Waals surface area contributed by atoms with E-state index in [1.807, 2.05) is 0 Å². The number of nitrogens with zero attached hydrogens (tertiary/aromatic N) is 5. The van der Waals surface area contributed by atoms with Crippen molar-refractivity contribution >= 4 is 6.09 Å². The number of rotatable bonds is 5. The van der Waals surface area contributed by atoms with Gasteiger partial charge in [-0.25, -0.2) is 13.6 Å². The van der Waals surface area contributed by atoms with Crippen molar-refractivity contribution in [3.63, 3.8) is 0 Å². The number of likely N-dealkylation sites (tertiary alicyclic amines) is 1. The zero-order valence-corrected chi connectivity index (χ0v) is 21.2. The zero-order valence-electron chi connectivity index (χ0n) is 21.2. The Labute approximate surface area is 206 Å². The summed E-state index contributed by atoms with van der Waals surface area (Å²) in [5, 5.41) is 4.20. The van der Waals surface area contributed by atoms with E-state index in [0.717, 1.165) is 39.0 Å². The monoisotopic (exact) mass is 495 g/mol. The van der Waals surface area contributed by atoms with E-state index in [9.17, 15) is 4.79 Å². The first-order valence-corrected chi connectivity index (χ1v) is 13.3. The maximum Gasteiger partial charge on any atom is 0.410 e. The molecule has 2 aliphatic heterocycles. The summed E-state index contributed by atoms with van der Waals surface area (Å²) in [5.41, 5.74) is -0.291. The molecular formula is C25H39F2N5O3. The van der Waals surface area contributed by atoms with Crippen LogP contribution in [0.2, 0.25) is 0 Å². The Balaban J connectivity index is 1.20. The third kappa shape index (κ3) is 5.19. The van der Waals surface area contributed by atoms with E-state index in [1.54, 1.807) is 4.90 Å². The SMILES string of the molecule is CC(C)N1CCN([C@H]2CCCC(F)(F)C2OC(=O)N2CCC(C)(c3noc(C4CC4)n3)CC2)CC1. The highest BCUT2D eigenvalue weighted by Crippen LogP contribution is 2.42. The van der Waals surface area contributed by atoms with Crippen LogP contribution >= 0.6 is 0 Å². The second-order valence-corrected chi connectivity index (χ2v) is 11.5. The number of halogens is 2. The number of alkyl halides is 2. The fourth-order valence-corrected chi connectivity index (χ4v) is 5.81. The van der Waals surface area contributed by atoms with Crippen LogP contribution in [0.3, 0.4) is 0 Å². The Kier molecular flexibility index (Phi) is 6.80. The maximum atomic E-state index is 15.1. The van der Waals surface area contributed by atoms with E-state index in [-0.39, 0.29) is 11.8 Å². The number of hydrogen-bond acceptors (Lipinski definition) is 7. The van der Waals surface area contributed by atoms with Crippen molar-refractivity contribution in [1.29, 1.82) is 0 Å². The molecule has 1 amide bonds. The van der Waals surface area contributed by atoms with E-state index in [2.05, 4.69) is 40.7 Å². The van der Waals surface area contributed by atoms with Crippen molar-refractivity contribution in [2.75, 3.05) is 39.3 Å². The molecule has 2 aliphatic carbocycles. The maximum absolute atomic E-state index is 15.1. The summed E-state index contributed by atoms with van der Waals surface area (Å²) >= 11 is 0. The van der Waals surface area contributed by atoms with Gasteiger partial charge in [0.2, 0.25) is 5.89 Å². The van der Waals surface area contributed by atoms with Crippen LogP contribution in [0.15, 0.2) is 4.52 Å². The molecule has 1 aromatic rings. The van der Waals surface area contributed by atoms with Gasteiger partial charge in [-0.15, -0.1) is 0 Å². The number of aromatic nitrogens is 2. The zero-order chi connectivity index (χ0) is 24.8. The molecule has 0 N–H and O–H groups in total. The highest BCUT2D eigenvalue weighted by molar-refractivity contribution is 5.68. The van der Waals surface area contributed by atoms with Gasteiger partial charge in [0, 0.05) is 63.1 Å². The predicted molar refractivity (Wildman–Crippen MR) is 126 cm³/mol. The molecular weight excluding hydrogens is 456 g/mol. The van der Waals surface area contributed by atoms with Crippen molar-refractivity contribution in [3.8, 4) is 0 Å². The summed E-state index contributed by atoms with van der Waals surface area (Å²) in [6.07, 6.45) is 2.31. The number of ether oxygens (including phenoxy) is 1. The summed E-state index contributed by atoms with van der Waals surface area (Å²) in [6, 6.07) is 0.00310. The van der Waals surface area contributed by atoms with Crippen molar-refractivity contribution in [1.82, 2.24) is 24.8 Å². The van der Waals surface area contributed by atoms with Crippen LogP contribution in [0.4, 0.5) is 13.6 Å². The summed E-state index contributed by atoms with van der Waals surface area (Å²) < 4.78 is 41.2. The van der Waals surface area contributed by atoms with E-state index in [4.69, 9.17) is 9.26 Å². The minimum absolute atomic E-state index is 0.230. The van der Waals surface area contributed by atoms with Gasteiger partial charge in [-0.05, 0) is 52.4 Å². The minimum Gasteiger partial charge on any atom is -0.438 e. The van der Waals surface area contributed by atoms with Gasteiger partial charge in [0.1, 0.15) is 0 Å². The number of carbonyl (C=O) groups is 1. The largest absolute Gasteiger partial charge is 0.438 e. The van der Waals surface area contributed by atoms with E-state index >= 15 is 8.78 Å². The molecule has 3 heterocycles. The number of carbonyl (C=O) groups excluding carboxylic acids is 1. The lowest BCUT2D eigenvalue weighted by Crippen LogP contribution is -2.61. The molecule has 10 heteroatoms. The number of hydrogen-bond donors (Lipinski definition) is 0. The summed E-state index contributed by atoms with van der Waals surface area (Å²) in [7, 11) is 0. The molecule has 8 nitrogen and oxygen atoms in total. The van der Waals surface area contributed by atoms with E-state index in [1.165, 1.54) is 0 Å². The first-order chi connectivity index (χ1) is 16.7. The molecule has 1 aromatic heterocycles. The lowest BCUT2D eigenvalue weighted by atomic mass is 9.80. The average Bonchev–Trinajstić information content (AvgIpc) is 3.56. The van der Waals surface area contributed by atoms with Gasteiger partial charge in [-0.3, -0.25) is 9.80 Å². The molecule has 196 valence electrons. The second kappa shape index (κ2) is 9.57. The summed E-state index contributed by atoms with van der Waals surface area (Å²) in [6.45, 7) is 10.4. The Morgan fingerprint density at radius 3 is 2.37 bits per heavy atom. The fraction of sp³-hybridized carbons (Fsp3) is 0.880. The van der Waals surface area contributed by atoms with Gasteiger partial charge >= 0.3 is 6.09 Å². The Morgan fingerprint density at radius 2 is 1.74 bits per heavy atom. The number of amides is 1. The van der Waals surface area contributed by atoms with Crippen molar-refractivity contribution in [3.05, 3.63) is 11.7 Å². The summed E-state index contributed by atoms with van der Waals surface area (Å²) in [5.74, 6) is -1.22. The first kappa shape index (κ1) is 24.9. The highest BCUT2D eigenvalue weighted by Gasteiger charge is 2.52. The topological polar surface area (TPSA) is 74.9 Å². The van der Waals surface area contributed by atoms with Gasteiger partial charge in [-0.2, -0.15) is 4.98 Å². The van der Waals surface area contributed by atoms with Gasteiger partial charge in [-0.1, -0.05) is 12.1 Å². The lowest BCUT2D eigenvalue weighted by molar-refractivity contribution is -0.170. The van der Waals surface area contributed by atoms with Crippen LogP contribution < -0.4 is 0 Å². The quantitative estimate of drug-likeness (QED) is 0.611. The average molecular weight is 496 g/mol. The molecule has 2 atom stereocenters. The molecule has 0 aromatic carbocycles. The van der Waals surface area contributed by atoms with Gasteiger partial charge in [0.05, 0.1) is 6.04 Å². The molecule has 4 aliphatic rings. The fourth-order valence-electron chi connectivity index (χ4n) is 5.81. The third-order valence-electron chi connectivity index (χ3n) is 8.59. The molecule has 35 heavy (non-hydrogen) atoms. The van der Waals surface area contributed by atoms with Gasteiger partial charge in [0.15, 0.2) is 11.9 Å². The van der Waals surface area contributed by atoms with Crippen LogP contribution in [-0.2, 0) is 10.2 Å². The van der Waals surface area contributed by atoms with Gasteiger partial charge < -0.3 is 14.2 Å². The minimum atomic E-state index is -3.01. The molecule has 1 unspecified atom stereocenters. The Morgan fingerprint density at radius 1 is 1.06 bits per heavy atom. The van der Waals surface area contributed by atoms with Crippen LogP contribution in [0.25, 0.3) is 0 Å². The summed E-state index contributed by atoms with van der Waals surface area (Å²) in [4.78, 5) is 23.7. The molecule has 0 spiro atoms. The van der Waals surface area contributed by atoms with Crippen molar-refractivity contribution < 1.29 is 22.8 Å². The molecule has 0 bridgehead atoms. The molecule has 2 saturated heterocycles. The molecule has 4 fully saturated rings. The third-order valence-corrected chi connectivity index (χ3v) is 8.59. The smallest absolute Gasteiger partial charge is 0.410 e. The number of piperidine rings is 1. The Hall–Kier alpha value is -1.81. The lowest BCUT2D eigenvalue weighted by Gasteiger charge is -2.47. The highest BCUT2D eigenvalue weighted by atomic mass is 19.3. The standard InChI is InChI=1S/C25H39F2N5O3/c1-17(2)30-13-15-31(16-14-30)19-5-4-8-25(26,27)20(19)34-23(33)32-11-9-24(3,10-12-32)22-28-21(35-29-22)18-6-7-18/h17-20H,4-16H2,1-3H3/t19-,20?/m0/s1. The first-order valence-electron chi connectivity index (χ1n) is 13.3. The van der Waals surface area contributed by atoms with Crippen LogP contribution in [0.5, 0.6) is 0 Å². The molecule has 5 rings (SSSR count). The molecule has 2 saturated carbocycles. The van der Waals surface area contributed by atoms with Crippen LogP contribution in [0.1, 0.15) is 83.3 Å². The van der Waals surface area contributed by atoms with E-state index < -0.39 is 24.2 Å². The molecule has 0 radical (unpaired) electrons. The van der Waals surface area contributed by atoms with Crippen LogP contribution in [-0.4, -0.2) is 94.3 Å². The van der Waals surface area contributed by atoms with Gasteiger partial charge in [0.25, 0.3) is 5.92 Å². The normalized spacial score (nSPS) is 29.9. The van der Waals surface area contributed by atoms with Crippen molar-refractivity contribution in [2.24, 2.45) is 0 Å². The number of piperazine rings is 1.